The number of rotatable bonds is 3. The van der Waals surface area contributed by atoms with Gasteiger partial charge in [-0.05, 0) is 12.1 Å². The molecule has 0 N–H and O–H groups in total. The molecule has 0 radical (unpaired) electrons. The van der Waals surface area contributed by atoms with E-state index in [0.717, 1.165) is 5.75 Å². The molecule has 8 heteroatoms. The summed E-state index contributed by atoms with van der Waals surface area (Å²) in [4.78, 5) is 17.8. The van der Waals surface area contributed by atoms with Gasteiger partial charge in [0.2, 0.25) is 0 Å². The number of amides is 1. The summed E-state index contributed by atoms with van der Waals surface area (Å²) in [6, 6.07) is 4.75. The first kappa shape index (κ1) is 15.6. The minimum absolute atomic E-state index is 0.0188. The molecule has 0 aliphatic carbocycles. The van der Waals surface area contributed by atoms with Crippen LogP contribution in [0.25, 0.3) is 0 Å². The second-order valence-corrected chi connectivity index (χ2v) is 8.31. The van der Waals surface area contributed by atoms with Crippen molar-refractivity contribution in [3.05, 3.63) is 29.0 Å². The van der Waals surface area contributed by atoms with Crippen molar-refractivity contribution in [2.45, 2.75) is 12.3 Å². The summed E-state index contributed by atoms with van der Waals surface area (Å²) in [5.41, 5.74) is 0.181. The van der Waals surface area contributed by atoms with Crippen LogP contribution < -0.4 is 0 Å². The third-order valence-corrected chi connectivity index (χ3v) is 6.60. The molecule has 0 saturated carbocycles. The number of carbonyl (C=O) groups excluding carboxylic acids is 1. The average Bonchev–Trinajstić information content (AvgIpc) is 2.46. The molecule has 1 saturated heterocycles. The topological polar surface area (TPSA) is 67.3 Å². The van der Waals surface area contributed by atoms with Crippen LogP contribution >= 0.6 is 23.4 Å². The predicted molar refractivity (Wildman–Crippen MR) is 80.9 cm³/mol. The summed E-state index contributed by atoms with van der Waals surface area (Å²) >= 11 is 7.32. The Labute approximate surface area is 127 Å². The van der Waals surface area contributed by atoms with Crippen molar-refractivity contribution >= 4 is 39.1 Å². The molecule has 1 aromatic rings. The lowest BCUT2D eigenvalue weighted by atomic mass is 10.3. The van der Waals surface area contributed by atoms with Gasteiger partial charge in [0.05, 0.1) is 0 Å². The second-order valence-electron chi connectivity index (χ2n) is 4.33. The monoisotopic (exact) mass is 334 g/mol. The number of hydrogen-bond donors (Lipinski definition) is 0. The summed E-state index contributed by atoms with van der Waals surface area (Å²) in [5.74, 6) is 0.769. The fourth-order valence-electron chi connectivity index (χ4n) is 1.98. The molecule has 1 aromatic heterocycles. The molecule has 1 fully saturated rings. The Morgan fingerprint density at radius 1 is 1.55 bits per heavy atom. The molecular formula is C12H15ClN2O3S2. The zero-order valence-corrected chi connectivity index (χ0v) is 13.3. The number of halogens is 1. The molecule has 1 amide bonds. The maximum absolute atomic E-state index is 12.5. The average molecular weight is 335 g/mol. The highest BCUT2D eigenvalue weighted by molar-refractivity contribution is 8.01. The Hall–Kier alpha value is -0.790. The quantitative estimate of drug-likeness (QED) is 0.787. The van der Waals surface area contributed by atoms with Gasteiger partial charge in [0.1, 0.15) is 16.2 Å². The number of sulfone groups is 1. The van der Waals surface area contributed by atoms with Crippen LogP contribution in [0.15, 0.2) is 18.2 Å². The lowest BCUT2D eigenvalue weighted by Gasteiger charge is -2.34. The lowest BCUT2D eigenvalue weighted by Crippen LogP contribution is -2.50. The van der Waals surface area contributed by atoms with Gasteiger partial charge in [-0.15, -0.1) is 0 Å². The van der Waals surface area contributed by atoms with Crippen molar-refractivity contribution in [1.29, 1.82) is 0 Å². The van der Waals surface area contributed by atoms with E-state index in [1.54, 1.807) is 36.9 Å². The Kier molecular flexibility index (Phi) is 4.93. The number of nitrogens with zero attached hydrogens (tertiary/aromatic N) is 2. The van der Waals surface area contributed by atoms with E-state index in [1.807, 2.05) is 0 Å². The van der Waals surface area contributed by atoms with Crippen molar-refractivity contribution in [3.63, 3.8) is 0 Å². The van der Waals surface area contributed by atoms with Gasteiger partial charge in [0, 0.05) is 23.8 Å². The van der Waals surface area contributed by atoms with E-state index in [0.29, 0.717) is 12.3 Å². The summed E-state index contributed by atoms with van der Waals surface area (Å²) in [6.45, 7) is 2.00. The maximum Gasteiger partial charge on any atom is 0.273 e. The van der Waals surface area contributed by atoms with Crippen LogP contribution in [0.5, 0.6) is 0 Å². The van der Waals surface area contributed by atoms with Gasteiger partial charge < -0.3 is 4.90 Å². The first-order chi connectivity index (χ1) is 9.45. The van der Waals surface area contributed by atoms with Gasteiger partial charge in [-0.3, -0.25) is 4.79 Å². The SMILES string of the molecule is CCS(=O)(=O)C1CSCCN1C(=O)c1cccc(Cl)n1. The first-order valence-electron chi connectivity index (χ1n) is 6.18. The highest BCUT2D eigenvalue weighted by Gasteiger charge is 2.36. The van der Waals surface area contributed by atoms with E-state index in [-0.39, 0.29) is 22.5 Å². The molecule has 1 aliphatic heterocycles. The van der Waals surface area contributed by atoms with Crippen LogP contribution in [0.2, 0.25) is 5.15 Å². The Balaban J connectivity index is 2.31. The molecule has 1 unspecified atom stereocenters. The third-order valence-electron chi connectivity index (χ3n) is 3.10. The molecule has 20 heavy (non-hydrogen) atoms. The number of thioether (sulfide) groups is 1. The Bertz CT molecular complexity index is 606. The van der Waals surface area contributed by atoms with Gasteiger partial charge in [0.15, 0.2) is 9.84 Å². The fraction of sp³-hybridized carbons (Fsp3) is 0.500. The van der Waals surface area contributed by atoms with E-state index in [2.05, 4.69) is 4.98 Å². The molecule has 110 valence electrons. The Morgan fingerprint density at radius 3 is 2.95 bits per heavy atom. The molecular weight excluding hydrogens is 320 g/mol. The van der Waals surface area contributed by atoms with E-state index in [4.69, 9.17) is 11.6 Å². The zero-order chi connectivity index (χ0) is 14.8. The van der Waals surface area contributed by atoms with Gasteiger partial charge in [-0.1, -0.05) is 24.6 Å². The summed E-state index contributed by atoms with van der Waals surface area (Å²) in [7, 11) is -3.31. The van der Waals surface area contributed by atoms with E-state index in [1.165, 1.54) is 4.90 Å². The van der Waals surface area contributed by atoms with Gasteiger partial charge in [-0.2, -0.15) is 11.8 Å². The standard InChI is InChI=1S/C12H15ClN2O3S2/c1-2-20(17,18)11-8-19-7-6-15(11)12(16)9-4-3-5-10(13)14-9/h3-5,11H,2,6-8H2,1H3. The highest BCUT2D eigenvalue weighted by atomic mass is 35.5. The molecule has 0 bridgehead atoms. The largest absolute Gasteiger partial charge is 0.319 e. The first-order valence-corrected chi connectivity index (χ1v) is 9.43. The van der Waals surface area contributed by atoms with Crippen LogP contribution in [0.4, 0.5) is 0 Å². The smallest absolute Gasteiger partial charge is 0.273 e. The number of hydrogen-bond acceptors (Lipinski definition) is 5. The Morgan fingerprint density at radius 2 is 2.30 bits per heavy atom. The molecule has 0 aromatic carbocycles. The summed E-state index contributed by atoms with van der Waals surface area (Å²) < 4.78 is 24.2. The van der Waals surface area contributed by atoms with Crippen LogP contribution in [0, 0.1) is 0 Å². The molecule has 2 rings (SSSR count). The molecule has 5 nitrogen and oxygen atoms in total. The second kappa shape index (κ2) is 6.32. The lowest BCUT2D eigenvalue weighted by molar-refractivity contribution is 0.0743. The number of pyridine rings is 1. The third kappa shape index (κ3) is 3.27. The zero-order valence-electron chi connectivity index (χ0n) is 11.0. The normalized spacial score (nSPS) is 19.9. The number of aromatic nitrogens is 1. The van der Waals surface area contributed by atoms with Crippen LogP contribution in [0.3, 0.4) is 0 Å². The van der Waals surface area contributed by atoms with Crippen molar-refractivity contribution in [3.8, 4) is 0 Å². The van der Waals surface area contributed by atoms with Gasteiger partial charge in [0.25, 0.3) is 5.91 Å². The maximum atomic E-state index is 12.5. The molecule has 1 atom stereocenters. The van der Waals surface area contributed by atoms with Crippen LogP contribution in [0.1, 0.15) is 17.4 Å². The predicted octanol–water partition coefficient (Wildman–Crippen LogP) is 1.68. The van der Waals surface area contributed by atoms with E-state index < -0.39 is 15.2 Å². The highest BCUT2D eigenvalue weighted by Crippen LogP contribution is 2.23. The van der Waals surface area contributed by atoms with Gasteiger partial charge >= 0.3 is 0 Å². The minimum Gasteiger partial charge on any atom is -0.319 e. The number of carbonyl (C=O) groups is 1. The van der Waals surface area contributed by atoms with Crippen LogP contribution in [-0.2, 0) is 9.84 Å². The summed E-state index contributed by atoms with van der Waals surface area (Å²) in [6.07, 6.45) is 0. The minimum atomic E-state index is -3.31. The van der Waals surface area contributed by atoms with Crippen molar-refractivity contribution < 1.29 is 13.2 Å². The van der Waals surface area contributed by atoms with E-state index in [9.17, 15) is 13.2 Å². The van der Waals surface area contributed by atoms with Crippen molar-refractivity contribution in [2.75, 3.05) is 23.8 Å². The molecule has 2 heterocycles. The molecule has 1 aliphatic rings. The fourth-order valence-corrected chi connectivity index (χ4v) is 5.11. The van der Waals surface area contributed by atoms with E-state index >= 15 is 0 Å². The van der Waals surface area contributed by atoms with Gasteiger partial charge in [-0.25, -0.2) is 13.4 Å². The molecule has 0 spiro atoms. The van der Waals surface area contributed by atoms with Crippen molar-refractivity contribution in [1.82, 2.24) is 9.88 Å². The summed E-state index contributed by atoms with van der Waals surface area (Å²) in [5, 5.41) is -0.559. The van der Waals surface area contributed by atoms with Crippen molar-refractivity contribution in [2.24, 2.45) is 0 Å². The van der Waals surface area contributed by atoms with Crippen LogP contribution in [-0.4, -0.2) is 53.4 Å².